The average molecular weight is 559 g/mol. The smallest absolute Gasteiger partial charge is 0.238 e. The molecule has 4 aromatic carbocycles. The maximum absolute atomic E-state index is 14.7. The van der Waals surface area contributed by atoms with Crippen LogP contribution < -0.4 is 14.8 Å². The van der Waals surface area contributed by atoms with Crippen LogP contribution in [0.15, 0.2) is 97.2 Å². The molecular formula is C34H23FN2O5. The fourth-order valence-corrected chi connectivity index (χ4v) is 7.18. The van der Waals surface area contributed by atoms with Crippen molar-refractivity contribution >= 4 is 29.2 Å². The Morgan fingerprint density at radius 1 is 0.857 bits per heavy atom. The standard InChI is InChI=1S/C34H23FN2O5/c35-22-12-9-20(10-13-22)30(38)28-29(31(39)21-11-14-26-27(17-21)42-18-41-26)37-16-15-19-5-1-2-6-23(19)32(37)34(28)24-7-3-4-8-25(24)36-33(34)40/h1-17,28-29,32H,18H2,(H,36,40)/t28-,29-,32+,34+/m0/s1. The minimum absolute atomic E-state index is 0.0515. The molecule has 0 saturated carbocycles. The number of benzene rings is 4. The molecule has 1 amide bonds. The van der Waals surface area contributed by atoms with Crippen molar-refractivity contribution in [2.75, 3.05) is 12.1 Å². The molecule has 8 heteroatoms. The third-order valence-corrected chi connectivity index (χ3v) is 8.91. The number of carbonyl (C=O) groups is 3. The van der Waals surface area contributed by atoms with Gasteiger partial charge in [0.05, 0.1) is 12.0 Å². The predicted octanol–water partition coefficient (Wildman–Crippen LogP) is 5.54. The van der Waals surface area contributed by atoms with Crippen LogP contribution in [0.25, 0.3) is 6.08 Å². The quantitative estimate of drug-likeness (QED) is 0.332. The van der Waals surface area contributed by atoms with Crippen LogP contribution in [0.4, 0.5) is 10.1 Å². The van der Waals surface area contributed by atoms with Crippen LogP contribution in [0.1, 0.15) is 43.4 Å². The molecule has 1 spiro atoms. The number of nitrogens with one attached hydrogen (secondary N) is 1. The second-order valence-corrected chi connectivity index (χ2v) is 10.9. The van der Waals surface area contributed by atoms with Crippen LogP contribution in [0.3, 0.4) is 0 Å². The monoisotopic (exact) mass is 558 g/mol. The summed E-state index contributed by atoms with van der Waals surface area (Å²) in [7, 11) is 0. The van der Waals surface area contributed by atoms with E-state index >= 15 is 0 Å². The lowest BCUT2D eigenvalue weighted by Gasteiger charge is -2.38. The minimum Gasteiger partial charge on any atom is -0.454 e. The summed E-state index contributed by atoms with van der Waals surface area (Å²) in [6, 6.07) is 23.5. The van der Waals surface area contributed by atoms with Crippen molar-refractivity contribution < 1.29 is 28.2 Å². The third-order valence-electron chi connectivity index (χ3n) is 8.91. The first-order chi connectivity index (χ1) is 20.5. The molecule has 0 aliphatic carbocycles. The molecule has 42 heavy (non-hydrogen) atoms. The van der Waals surface area contributed by atoms with Gasteiger partial charge in [-0.25, -0.2) is 4.39 Å². The molecule has 0 radical (unpaired) electrons. The highest BCUT2D eigenvalue weighted by Crippen LogP contribution is 2.62. The summed E-state index contributed by atoms with van der Waals surface area (Å²) in [5, 5.41) is 3.02. The van der Waals surface area contributed by atoms with E-state index in [4.69, 9.17) is 9.47 Å². The van der Waals surface area contributed by atoms with Gasteiger partial charge in [-0.2, -0.15) is 0 Å². The number of fused-ring (bicyclic) bond motifs is 7. The molecule has 1 saturated heterocycles. The van der Waals surface area contributed by atoms with Crippen molar-refractivity contribution in [3.05, 3.63) is 131 Å². The van der Waals surface area contributed by atoms with E-state index in [9.17, 15) is 18.8 Å². The second kappa shape index (κ2) is 8.88. The average Bonchev–Trinajstić information content (AvgIpc) is 3.70. The SMILES string of the molecule is O=C(c1ccc2c(c1)OCO2)[C@@H]1[C@@H](C(=O)c2ccc(F)cc2)[C@@]2(C(=O)Nc3ccccc32)[C@H]2c3ccccc3C=CN12. The molecule has 1 fully saturated rings. The predicted molar refractivity (Wildman–Crippen MR) is 152 cm³/mol. The van der Waals surface area contributed by atoms with Gasteiger partial charge in [0.2, 0.25) is 12.7 Å². The molecule has 8 rings (SSSR count). The molecule has 0 bridgehead atoms. The number of nitrogens with zero attached hydrogens (tertiary/aromatic N) is 1. The zero-order valence-corrected chi connectivity index (χ0v) is 22.1. The molecule has 4 aromatic rings. The molecule has 0 unspecified atom stereocenters. The van der Waals surface area contributed by atoms with Crippen LogP contribution in [-0.2, 0) is 10.2 Å². The van der Waals surface area contributed by atoms with Crippen molar-refractivity contribution in [2.45, 2.75) is 17.5 Å². The Labute approximate surface area is 240 Å². The largest absolute Gasteiger partial charge is 0.454 e. The Kier molecular flexibility index (Phi) is 5.19. The van der Waals surface area contributed by atoms with Crippen molar-refractivity contribution in [3.8, 4) is 11.5 Å². The normalized spacial score (nSPS) is 24.3. The van der Waals surface area contributed by atoms with E-state index in [1.807, 2.05) is 65.7 Å². The van der Waals surface area contributed by atoms with Crippen LogP contribution in [-0.4, -0.2) is 35.2 Å². The Bertz CT molecular complexity index is 1850. The summed E-state index contributed by atoms with van der Waals surface area (Å²) < 4.78 is 24.9. The molecule has 206 valence electrons. The van der Waals surface area contributed by atoms with Crippen molar-refractivity contribution in [1.82, 2.24) is 4.90 Å². The number of carbonyl (C=O) groups excluding carboxylic acids is 3. The lowest BCUT2D eigenvalue weighted by Crippen LogP contribution is -2.49. The number of hydrogen-bond acceptors (Lipinski definition) is 6. The summed E-state index contributed by atoms with van der Waals surface area (Å²) in [6.45, 7) is 0.0515. The fraction of sp³-hybridized carbons (Fsp3) is 0.147. The Hall–Kier alpha value is -5.24. The Morgan fingerprint density at radius 3 is 2.45 bits per heavy atom. The molecule has 4 aliphatic rings. The van der Waals surface area contributed by atoms with E-state index in [0.29, 0.717) is 28.3 Å². The number of ketones is 2. The van der Waals surface area contributed by atoms with Gasteiger partial charge < -0.3 is 19.7 Å². The maximum Gasteiger partial charge on any atom is 0.238 e. The molecule has 4 heterocycles. The number of hydrogen-bond donors (Lipinski definition) is 1. The first-order valence-electron chi connectivity index (χ1n) is 13.7. The van der Waals surface area contributed by atoms with Crippen LogP contribution >= 0.6 is 0 Å². The Morgan fingerprint density at radius 2 is 1.60 bits per heavy atom. The van der Waals surface area contributed by atoms with Crippen LogP contribution in [0.5, 0.6) is 11.5 Å². The summed E-state index contributed by atoms with van der Waals surface area (Å²) in [6.07, 6.45) is 3.72. The zero-order chi connectivity index (χ0) is 28.6. The second-order valence-electron chi connectivity index (χ2n) is 10.9. The number of halogens is 1. The molecule has 4 aliphatic heterocycles. The lowest BCUT2D eigenvalue weighted by molar-refractivity contribution is -0.122. The highest BCUT2D eigenvalue weighted by molar-refractivity contribution is 6.16. The van der Waals surface area contributed by atoms with Gasteiger partial charge in [0.1, 0.15) is 17.3 Å². The van der Waals surface area contributed by atoms with Gasteiger partial charge in [-0.15, -0.1) is 0 Å². The van der Waals surface area contributed by atoms with E-state index in [-0.39, 0.29) is 24.0 Å². The van der Waals surface area contributed by atoms with E-state index in [1.54, 1.807) is 18.2 Å². The first kappa shape index (κ1) is 24.5. The Balaban J connectivity index is 1.40. The van der Waals surface area contributed by atoms with Crippen LogP contribution in [0.2, 0.25) is 0 Å². The number of para-hydroxylation sites is 1. The molecule has 4 atom stereocenters. The molecule has 1 N–H and O–H groups in total. The minimum atomic E-state index is -1.46. The summed E-state index contributed by atoms with van der Waals surface area (Å²) in [4.78, 5) is 45.7. The topological polar surface area (TPSA) is 84.9 Å². The first-order valence-corrected chi connectivity index (χ1v) is 13.7. The summed E-state index contributed by atoms with van der Waals surface area (Å²) >= 11 is 0. The van der Waals surface area contributed by atoms with E-state index in [2.05, 4.69) is 5.32 Å². The van der Waals surface area contributed by atoms with Gasteiger partial charge in [0, 0.05) is 23.0 Å². The van der Waals surface area contributed by atoms with Crippen molar-refractivity contribution in [1.29, 1.82) is 0 Å². The van der Waals surface area contributed by atoms with E-state index in [1.165, 1.54) is 24.3 Å². The van der Waals surface area contributed by atoms with Gasteiger partial charge >= 0.3 is 0 Å². The lowest BCUT2D eigenvalue weighted by atomic mass is 9.62. The third kappa shape index (κ3) is 3.23. The summed E-state index contributed by atoms with van der Waals surface area (Å²) in [5.74, 6) is -1.77. The van der Waals surface area contributed by atoms with Crippen LogP contribution in [0, 0.1) is 11.7 Å². The van der Waals surface area contributed by atoms with Gasteiger partial charge in [-0.05, 0) is 71.3 Å². The number of amides is 1. The highest BCUT2D eigenvalue weighted by Gasteiger charge is 2.70. The number of ether oxygens (including phenoxy) is 2. The van der Waals surface area contributed by atoms with Gasteiger partial charge in [0.25, 0.3) is 0 Å². The van der Waals surface area contributed by atoms with E-state index < -0.39 is 35.0 Å². The number of rotatable bonds is 4. The number of anilines is 1. The van der Waals surface area contributed by atoms with Crippen molar-refractivity contribution in [3.63, 3.8) is 0 Å². The van der Waals surface area contributed by atoms with E-state index in [0.717, 1.165) is 11.1 Å². The molecular weight excluding hydrogens is 535 g/mol. The molecule has 0 aromatic heterocycles. The molecule has 7 nitrogen and oxygen atoms in total. The van der Waals surface area contributed by atoms with Gasteiger partial charge in [-0.1, -0.05) is 42.5 Å². The summed E-state index contributed by atoms with van der Waals surface area (Å²) in [5.41, 5.74) is 2.08. The van der Waals surface area contributed by atoms with Gasteiger partial charge in [-0.3, -0.25) is 14.4 Å². The maximum atomic E-state index is 14.7. The zero-order valence-electron chi connectivity index (χ0n) is 22.1. The fourth-order valence-electron chi connectivity index (χ4n) is 7.18. The highest BCUT2D eigenvalue weighted by atomic mass is 19.1. The van der Waals surface area contributed by atoms with Crippen molar-refractivity contribution in [2.24, 2.45) is 5.92 Å². The number of Topliss-reactive ketones (excluding diaryl/α,β-unsaturated/α-hetero) is 2. The van der Waals surface area contributed by atoms with Gasteiger partial charge in [0.15, 0.2) is 23.1 Å².